The standard InChI is InChI=1S/C23H34N4O7.C2HF3O2/c1-26-20-16-17(6-8-31-10-12-33-14-15-34-13-11-32-9-7-24)2-3-18(20)27(23(26)30)19-4-5-21(28)25-22(19)29;3-2(4,5)1(6)7/h2-3,16,19H,4-15,24H2,1H3,(H,25,28,29);(H,6,7). The number of halogens is 3. The van der Waals surface area contributed by atoms with E-state index >= 15 is 0 Å². The zero-order valence-corrected chi connectivity index (χ0v) is 22.6. The first-order valence-electron chi connectivity index (χ1n) is 12.8. The molecule has 13 nitrogen and oxygen atoms in total. The molecular formula is C25H35F3N4O9. The summed E-state index contributed by atoms with van der Waals surface area (Å²) in [7, 11) is 1.68. The number of carbonyl (C=O) groups excluding carboxylic acids is 2. The number of alkyl halides is 3. The third kappa shape index (κ3) is 10.9. The van der Waals surface area contributed by atoms with Crippen molar-refractivity contribution < 1.29 is 51.6 Å². The molecule has 4 N–H and O–H groups in total. The summed E-state index contributed by atoms with van der Waals surface area (Å²) in [6, 6.07) is 5.03. The topological polar surface area (TPSA) is 173 Å². The number of aliphatic carboxylic acids is 1. The van der Waals surface area contributed by atoms with Crippen molar-refractivity contribution in [3.63, 3.8) is 0 Å². The molecule has 1 aliphatic heterocycles. The lowest BCUT2D eigenvalue weighted by Crippen LogP contribution is -2.44. The molecular weight excluding hydrogens is 557 g/mol. The third-order valence-electron chi connectivity index (χ3n) is 5.83. The number of hydrogen-bond acceptors (Lipinski definition) is 9. The number of ether oxygens (including phenoxy) is 4. The van der Waals surface area contributed by atoms with Gasteiger partial charge in [0.25, 0.3) is 0 Å². The van der Waals surface area contributed by atoms with Gasteiger partial charge in [-0.05, 0) is 30.5 Å². The molecule has 41 heavy (non-hydrogen) atoms. The molecule has 16 heteroatoms. The van der Waals surface area contributed by atoms with Crippen LogP contribution in [0.15, 0.2) is 23.0 Å². The largest absolute Gasteiger partial charge is 0.490 e. The number of carbonyl (C=O) groups is 3. The Labute approximate surface area is 233 Å². The molecule has 0 spiro atoms. The molecule has 1 unspecified atom stereocenters. The summed E-state index contributed by atoms with van der Waals surface area (Å²) in [6.45, 7) is 4.58. The molecule has 230 valence electrons. The Kier molecular flexibility index (Phi) is 13.9. The summed E-state index contributed by atoms with van der Waals surface area (Å²) in [4.78, 5) is 45.5. The maximum absolute atomic E-state index is 12.8. The highest BCUT2D eigenvalue weighted by atomic mass is 19.4. The van der Waals surface area contributed by atoms with Crippen LogP contribution in [0.2, 0.25) is 0 Å². The van der Waals surface area contributed by atoms with Crippen molar-refractivity contribution >= 4 is 28.8 Å². The van der Waals surface area contributed by atoms with Crippen molar-refractivity contribution in [2.75, 3.05) is 59.4 Å². The van der Waals surface area contributed by atoms with Gasteiger partial charge in [0, 0.05) is 20.0 Å². The van der Waals surface area contributed by atoms with Gasteiger partial charge in [0.2, 0.25) is 11.8 Å². The molecule has 1 fully saturated rings. The SMILES string of the molecule is Cn1c(=O)n(C2CCC(=O)NC2=O)c2ccc(CCOCCOCCOCCOCCN)cc21.O=C(O)C(F)(F)F. The molecule has 0 bridgehead atoms. The highest BCUT2D eigenvalue weighted by molar-refractivity contribution is 6.00. The molecule has 2 aromatic rings. The van der Waals surface area contributed by atoms with Gasteiger partial charge in [0.1, 0.15) is 6.04 Å². The molecule has 1 aliphatic rings. The molecule has 1 atom stereocenters. The van der Waals surface area contributed by atoms with Gasteiger partial charge in [-0.15, -0.1) is 0 Å². The zero-order chi connectivity index (χ0) is 30.4. The molecule has 1 aromatic carbocycles. The monoisotopic (exact) mass is 592 g/mol. The number of aromatic nitrogens is 2. The van der Waals surface area contributed by atoms with E-state index in [-0.39, 0.29) is 18.0 Å². The average molecular weight is 593 g/mol. The maximum atomic E-state index is 12.8. The van der Waals surface area contributed by atoms with Gasteiger partial charge in [0.05, 0.1) is 63.9 Å². The Hall–Kier alpha value is -3.31. The van der Waals surface area contributed by atoms with Crippen LogP contribution in [0.5, 0.6) is 0 Å². The molecule has 3 rings (SSSR count). The predicted octanol–water partition coefficient (Wildman–Crippen LogP) is 0.519. The fraction of sp³-hybridized carbons (Fsp3) is 0.600. The van der Waals surface area contributed by atoms with Crippen LogP contribution in [-0.4, -0.2) is 97.6 Å². The normalized spacial score (nSPS) is 15.5. The summed E-state index contributed by atoms with van der Waals surface area (Å²) in [5, 5.41) is 9.44. The minimum absolute atomic E-state index is 0.218. The van der Waals surface area contributed by atoms with Crippen LogP contribution in [0.25, 0.3) is 11.0 Å². The Balaban J connectivity index is 0.000000745. The molecule has 1 saturated heterocycles. The molecule has 1 aromatic heterocycles. The summed E-state index contributed by atoms with van der Waals surface area (Å²) in [5.74, 6) is -3.50. The van der Waals surface area contributed by atoms with Gasteiger partial charge in [-0.3, -0.25) is 24.0 Å². The number of imidazole rings is 1. The van der Waals surface area contributed by atoms with E-state index in [0.29, 0.717) is 77.8 Å². The lowest BCUT2D eigenvalue weighted by Gasteiger charge is -2.21. The lowest BCUT2D eigenvalue weighted by molar-refractivity contribution is -0.192. The summed E-state index contributed by atoms with van der Waals surface area (Å²) in [6.07, 6.45) is -3.87. The summed E-state index contributed by atoms with van der Waals surface area (Å²) >= 11 is 0. The first-order chi connectivity index (χ1) is 19.5. The first-order valence-corrected chi connectivity index (χ1v) is 12.8. The third-order valence-corrected chi connectivity index (χ3v) is 5.83. The highest BCUT2D eigenvalue weighted by Gasteiger charge is 2.38. The first kappa shape index (κ1) is 33.9. The Morgan fingerprint density at radius 2 is 1.51 bits per heavy atom. The number of carboxylic acid groups (broad SMARTS) is 1. The number of nitrogens with zero attached hydrogens (tertiary/aromatic N) is 2. The van der Waals surface area contributed by atoms with Crippen LogP contribution in [0, 0.1) is 0 Å². The van der Waals surface area contributed by atoms with Crippen molar-refractivity contribution in [2.24, 2.45) is 12.8 Å². The van der Waals surface area contributed by atoms with Gasteiger partial charge in [-0.2, -0.15) is 13.2 Å². The van der Waals surface area contributed by atoms with Crippen LogP contribution in [0.4, 0.5) is 13.2 Å². The number of fused-ring (bicyclic) bond motifs is 1. The second-order valence-electron chi connectivity index (χ2n) is 8.79. The number of nitrogens with one attached hydrogen (secondary N) is 1. The minimum Gasteiger partial charge on any atom is -0.475 e. The summed E-state index contributed by atoms with van der Waals surface area (Å²) in [5.41, 5.74) is 7.49. The number of rotatable bonds is 15. The highest BCUT2D eigenvalue weighted by Crippen LogP contribution is 2.23. The number of carboxylic acids is 1. The van der Waals surface area contributed by atoms with Gasteiger partial charge < -0.3 is 29.8 Å². The number of aryl methyl sites for hydroxylation is 1. The number of imide groups is 1. The fourth-order valence-corrected chi connectivity index (χ4v) is 3.83. The lowest BCUT2D eigenvalue weighted by atomic mass is 10.1. The van der Waals surface area contributed by atoms with Gasteiger partial charge >= 0.3 is 17.8 Å². The van der Waals surface area contributed by atoms with Crippen molar-refractivity contribution in [3.8, 4) is 0 Å². The number of nitrogens with two attached hydrogens (primary N) is 1. The second-order valence-corrected chi connectivity index (χ2v) is 8.79. The van der Waals surface area contributed by atoms with E-state index < -0.39 is 24.1 Å². The van der Waals surface area contributed by atoms with E-state index in [4.69, 9.17) is 34.6 Å². The molecule has 0 aliphatic carbocycles. The Morgan fingerprint density at radius 1 is 0.976 bits per heavy atom. The minimum atomic E-state index is -5.08. The van der Waals surface area contributed by atoms with Crippen molar-refractivity contribution in [1.82, 2.24) is 14.5 Å². The van der Waals surface area contributed by atoms with E-state index in [2.05, 4.69) is 5.32 Å². The van der Waals surface area contributed by atoms with Crippen molar-refractivity contribution in [1.29, 1.82) is 0 Å². The number of hydrogen-bond donors (Lipinski definition) is 3. The van der Waals surface area contributed by atoms with Crippen LogP contribution in [0.1, 0.15) is 24.4 Å². The van der Waals surface area contributed by atoms with Crippen LogP contribution >= 0.6 is 0 Å². The molecule has 2 amide bonds. The average Bonchev–Trinajstić information content (AvgIpc) is 3.16. The maximum Gasteiger partial charge on any atom is 0.490 e. The summed E-state index contributed by atoms with van der Waals surface area (Å²) < 4.78 is 56.4. The quantitative estimate of drug-likeness (QED) is 0.195. The molecule has 2 heterocycles. The van der Waals surface area contributed by atoms with Crippen LogP contribution in [-0.2, 0) is 46.8 Å². The molecule has 0 radical (unpaired) electrons. The second kappa shape index (κ2) is 16.8. The van der Waals surface area contributed by atoms with Gasteiger partial charge in [-0.1, -0.05) is 6.07 Å². The smallest absolute Gasteiger partial charge is 0.475 e. The Bertz CT molecular complexity index is 1210. The van der Waals surface area contributed by atoms with Crippen LogP contribution in [0.3, 0.4) is 0 Å². The number of piperidine rings is 1. The predicted molar refractivity (Wildman–Crippen MR) is 138 cm³/mol. The van der Waals surface area contributed by atoms with E-state index in [1.807, 2.05) is 18.2 Å². The van der Waals surface area contributed by atoms with Crippen molar-refractivity contribution in [2.45, 2.75) is 31.5 Å². The number of amides is 2. The van der Waals surface area contributed by atoms with E-state index in [1.165, 1.54) is 9.13 Å². The van der Waals surface area contributed by atoms with E-state index in [9.17, 15) is 27.6 Å². The van der Waals surface area contributed by atoms with Gasteiger partial charge in [-0.25, -0.2) is 9.59 Å². The fourth-order valence-electron chi connectivity index (χ4n) is 3.83. The number of benzene rings is 1. The van der Waals surface area contributed by atoms with E-state index in [0.717, 1.165) is 11.1 Å². The van der Waals surface area contributed by atoms with Crippen molar-refractivity contribution in [3.05, 3.63) is 34.2 Å². The van der Waals surface area contributed by atoms with E-state index in [1.54, 1.807) is 7.05 Å². The van der Waals surface area contributed by atoms with Crippen LogP contribution < -0.4 is 16.7 Å². The van der Waals surface area contributed by atoms with Gasteiger partial charge in [0.15, 0.2) is 0 Å². The zero-order valence-electron chi connectivity index (χ0n) is 22.6. The molecule has 0 saturated carbocycles. The Morgan fingerprint density at radius 3 is 2.02 bits per heavy atom.